The number of morpholine rings is 1. The number of rotatable bonds is 7. The minimum atomic E-state index is -0.687. The van der Waals surface area contributed by atoms with Crippen LogP contribution in [0.25, 0.3) is 0 Å². The van der Waals surface area contributed by atoms with Gasteiger partial charge in [-0.15, -0.1) is 0 Å². The average Bonchev–Trinajstić information content (AvgIpc) is 2.70. The molecule has 0 saturated carbocycles. The molecule has 0 aromatic heterocycles. The molecule has 6 heteroatoms. The first kappa shape index (κ1) is 20.6. The van der Waals surface area contributed by atoms with E-state index in [9.17, 15) is 4.79 Å². The van der Waals surface area contributed by atoms with Crippen LogP contribution >= 0.6 is 11.6 Å². The molecule has 5 nitrogen and oxygen atoms in total. The van der Waals surface area contributed by atoms with Crippen LogP contribution in [0.2, 0.25) is 5.02 Å². The molecule has 1 unspecified atom stereocenters. The molecule has 1 N–H and O–H groups in total. The predicted octanol–water partition coefficient (Wildman–Crippen LogP) is 3.43. The third kappa shape index (κ3) is 5.47. The van der Waals surface area contributed by atoms with Crippen LogP contribution in [0.1, 0.15) is 17.5 Å². The lowest BCUT2D eigenvalue weighted by Gasteiger charge is -2.38. The second kappa shape index (κ2) is 9.41. The van der Waals surface area contributed by atoms with Gasteiger partial charge in [-0.05, 0) is 36.2 Å². The van der Waals surface area contributed by atoms with Gasteiger partial charge in [-0.25, -0.2) is 0 Å². The molecule has 1 atom stereocenters. The van der Waals surface area contributed by atoms with Crippen molar-refractivity contribution in [1.82, 2.24) is 10.2 Å². The zero-order valence-electron chi connectivity index (χ0n) is 16.4. The van der Waals surface area contributed by atoms with Crippen LogP contribution in [-0.4, -0.2) is 49.8 Å². The Balaban J connectivity index is 1.64. The Morgan fingerprint density at radius 2 is 2.07 bits per heavy atom. The monoisotopic (exact) mass is 402 g/mol. The molecule has 1 heterocycles. The highest BCUT2D eigenvalue weighted by atomic mass is 35.5. The quantitative estimate of drug-likeness (QED) is 0.770. The van der Waals surface area contributed by atoms with Gasteiger partial charge < -0.3 is 19.7 Å². The van der Waals surface area contributed by atoms with E-state index < -0.39 is 5.60 Å². The summed E-state index contributed by atoms with van der Waals surface area (Å²) in [6.07, 6.45) is 0.260. The number of carbonyl (C=O) groups is 1. The van der Waals surface area contributed by atoms with Gasteiger partial charge in [-0.3, -0.25) is 4.79 Å². The summed E-state index contributed by atoms with van der Waals surface area (Å²) in [5.74, 6) is 0.754. The lowest BCUT2D eigenvalue weighted by atomic mass is 9.98. The summed E-state index contributed by atoms with van der Waals surface area (Å²) in [5, 5.41) is 4.03. The van der Waals surface area contributed by atoms with Gasteiger partial charge in [0.05, 0.1) is 13.0 Å². The fraction of sp³-hybridized carbons (Fsp3) is 0.409. The topological polar surface area (TPSA) is 50.8 Å². The van der Waals surface area contributed by atoms with Crippen LogP contribution in [0.4, 0.5) is 0 Å². The van der Waals surface area contributed by atoms with Crippen molar-refractivity contribution in [2.24, 2.45) is 0 Å². The van der Waals surface area contributed by atoms with Crippen LogP contribution in [0, 0.1) is 6.92 Å². The van der Waals surface area contributed by atoms with Gasteiger partial charge in [0.15, 0.2) is 0 Å². The summed E-state index contributed by atoms with van der Waals surface area (Å²) in [4.78, 5) is 14.6. The fourth-order valence-electron chi connectivity index (χ4n) is 3.24. The van der Waals surface area contributed by atoms with Crippen LogP contribution in [-0.2, 0) is 16.1 Å². The zero-order valence-corrected chi connectivity index (χ0v) is 17.2. The first-order chi connectivity index (χ1) is 13.5. The molecular formula is C22H27ClN2O3. The number of carbonyl (C=O) groups excluding carboxylic acids is 1. The van der Waals surface area contributed by atoms with E-state index in [2.05, 4.69) is 5.32 Å². The number of nitrogens with zero attached hydrogens (tertiary/aromatic N) is 1. The lowest BCUT2D eigenvalue weighted by Crippen LogP contribution is -2.55. The van der Waals surface area contributed by atoms with Crippen LogP contribution in [0.5, 0.6) is 5.75 Å². The predicted molar refractivity (Wildman–Crippen MR) is 111 cm³/mol. The molecule has 1 aliphatic rings. The maximum Gasteiger partial charge on any atom is 0.225 e. The summed E-state index contributed by atoms with van der Waals surface area (Å²) in [6.45, 7) is 4.71. The first-order valence-electron chi connectivity index (χ1n) is 9.49. The molecule has 0 radical (unpaired) electrons. The molecule has 3 rings (SSSR count). The van der Waals surface area contributed by atoms with E-state index in [0.29, 0.717) is 31.3 Å². The van der Waals surface area contributed by atoms with E-state index >= 15 is 0 Å². The Hall–Kier alpha value is -2.08. The van der Waals surface area contributed by atoms with E-state index in [0.717, 1.165) is 23.4 Å². The fourth-order valence-corrected chi connectivity index (χ4v) is 3.36. The van der Waals surface area contributed by atoms with Crippen molar-refractivity contribution in [3.63, 3.8) is 0 Å². The molecule has 2 aromatic rings. The molecule has 1 fully saturated rings. The molecule has 1 amide bonds. The van der Waals surface area contributed by atoms with Crippen molar-refractivity contribution >= 4 is 17.5 Å². The summed E-state index contributed by atoms with van der Waals surface area (Å²) in [5.41, 5.74) is 1.37. The van der Waals surface area contributed by atoms with Gasteiger partial charge in [0.2, 0.25) is 5.91 Å². The third-order valence-electron chi connectivity index (χ3n) is 4.93. The van der Waals surface area contributed by atoms with Crippen LogP contribution < -0.4 is 10.1 Å². The highest BCUT2D eigenvalue weighted by Gasteiger charge is 2.37. The van der Waals surface area contributed by atoms with Gasteiger partial charge in [0.1, 0.15) is 18.0 Å². The number of ether oxygens (including phenoxy) is 2. The maximum atomic E-state index is 12.9. The molecule has 150 valence electrons. The van der Waals surface area contributed by atoms with Crippen molar-refractivity contribution < 1.29 is 14.3 Å². The summed E-state index contributed by atoms with van der Waals surface area (Å²) < 4.78 is 12.0. The summed E-state index contributed by atoms with van der Waals surface area (Å²) >= 11 is 6.09. The van der Waals surface area contributed by atoms with E-state index in [-0.39, 0.29) is 12.3 Å². The number of benzene rings is 2. The van der Waals surface area contributed by atoms with Crippen molar-refractivity contribution in [3.05, 3.63) is 64.7 Å². The number of aryl methyl sites for hydroxylation is 1. The maximum absolute atomic E-state index is 12.9. The highest BCUT2D eigenvalue weighted by molar-refractivity contribution is 6.31. The SMILES string of the molecule is Cc1cc(OCC2(CC(=O)N(C)Cc3ccccc3)CNCCO2)ccc1Cl. The van der Waals surface area contributed by atoms with Crippen molar-refractivity contribution in [2.75, 3.05) is 33.4 Å². The zero-order chi connectivity index (χ0) is 20.0. The summed E-state index contributed by atoms with van der Waals surface area (Å²) in [6, 6.07) is 15.5. The van der Waals surface area contributed by atoms with Gasteiger partial charge in [-0.1, -0.05) is 41.9 Å². The Kier molecular flexibility index (Phi) is 6.94. The molecule has 28 heavy (non-hydrogen) atoms. The van der Waals surface area contributed by atoms with E-state index in [1.165, 1.54) is 0 Å². The Labute approximate surface area is 171 Å². The molecule has 0 spiro atoms. The highest BCUT2D eigenvalue weighted by Crippen LogP contribution is 2.25. The van der Waals surface area contributed by atoms with Crippen molar-refractivity contribution in [2.45, 2.75) is 25.5 Å². The molecular weight excluding hydrogens is 376 g/mol. The van der Waals surface area contributed by atoms with Crippen LogP contribution in [0.3, 0.4) is 0 Å². The molecule has 2 aromatic carbocycles. The molecule has 1 aliphatic heterocycles. The summed E-state index contributed by atoms with van der Waals surface area (Å²) in [7, 11) is 1.82. The van der Waals surface area contributed by atoms with Crippen LogP contribution in [0.15, 0.2) is 48.5 Å². The third-order valence-corrected chi connectivity index (χ3v) is 5.35. The van der Waals surface area contributed by atoms with Crippen molar-refractivity contribution in [3.8, 4) is 5.75 Å². The second-order valence-corrected chi connectivity index (χ2v) is 7.73. The molecule has 0 aliphatic carbocycles. The molecule has 1 saturated heterocycles. The lowest BCUT2D eigenvalue weighted by molar-refractivity contribution is -0.144. The van der Waals surface area contributed by atoms with E-state index in [1.54, 1.807) is 4.90 Å². The minimum Gasteiger partial charge on any atom is -0.491 e. The van der Waals surface area contributed by atoms with Crippen molar-refractivity contribution in [1.29, 1.82) is 0 Å². The Morgan fingerprint density at radius 3 is 2.75 bits per heavy atom. The molecule has 0 bridgehead atoms. The van der Waals surface area contributed by atoms with Gasteiger partial charge >= 0.3 is 0 Å². The first-order valence-corrected chi connectivity index (χ1v) is 9.87. The Bertz CT molecular complexity index is 792. The van der Waals surface area contributed by atoms with Gasteiger partial charge in [-0.2, -0.15) is 0 Å². The average molecular weight is 403 g/mol. The van der Waals surface area contributed by atoms with E-state index in [1.807, 2.05) is 62.5 Å². The van der Waals surface area contributed by atoms with E-state index in [4.69, 9.17) is 21.1 Å². The number of amides is 1. The van der Waals surface area contributed by atoms with Gasteiger partial charge in [0.25, 0.3) is 0 Å². The normalized spacial score (nSPS) is 19.2. The second-order valence-electron chi connectivity index (χ2n) is 7.32. The number of halogens is 1. The van der Waals surface area contributed by atoms with Gasteiger partial charge in [0, 0.05) is 31.7 Å². The number of hydrogen-bond acceptors (Lipinski definition) is 4. The number of hydrogen-bond donors (Lipinski definition) is 1. The smallest absolute Gasteiger partial charge is 0.225 e. The minimum absolute atomic E-state index is 0.0310. The largest absolute Gasteiger partial charge is 0.491 e. The number of nitrogens with one attached hydrogen (secondary N) is 1. The Morgan fingerprint density at radius 1 is 1.29 bits per heavy atom. The standard InChI is InChI=1S/C22H27ClN2O3/c1-17-12-19(8-9-20(17)23)27-16-22(15-24-10-11-28-22)13-21(26)25(2)14-18-6-4-3-5-7-18/h3-9,12,24H,10-11,13-16H2,1-2H3.